The summed E-state index contributed by atoms with van der Waals surface area (Å²) >= 11 is 0. The van der Waals surface area contributed by atoms with Crippen molar-refractivity contribution in [3.8, 4) is 17.2 Å². The zero-order valence-electron chi connectivity index (χ0n) is 17.7. The highest BCUT2D eigenvalue weighted by atomic mass is 19.1. The number of ether oxygens (including phenoxy) is 2. The molecule has 3 aromatic rings. The molecule has 1 aromatic heterocycles. The summed E-state index contributed by atoms with van der Waals surface area (Å²) in [5, 5.41) is 2.77. The van der Waals surface area contributed by atoms with Gasteiger partial charge < -0.3 is 19.2 Å². The summed E-state index contributed by atoms with van der Waals surface area (Å²) in [5.74, 6) is 0.558. The number of nitrogens with one attached hydrogen (secondary N) is 1. The third-order valence-electron chi connectivity index (χ3n) is 4.53. The molecule has 7 heteroatoms. The highest BCUT2D eigenvalue weighted by molar-refractivity contribution is 6.06. The van der Waals surface area contributed by atoms with Crippen LogP contribution in [0.25, 0.3) is 17.2 Å². The van der Waals surface area contributed by atoms with E-state index in [-0.39, 0.29) is 17.3 Å². The van der Waals surface area contributed by atoms with Crippen LogP contribution in [0.15, 0.2) is 71.3 Å². The summed E-state index contributed by atoms with van der Waals surface area (Å²) in [6, 6.07) is 10.0. The standard InChI is InChI=1S/C24H23FN2O4/c1-15-5-6-18(24-27-9-10-30-24)12-21(15)31-22(13-20(28)23(29-4)14-26-3)17-7-8-19(25)16(2)11-17/h5-14,26H,1-4H3/b22-13+,23-14+. The van der Waals surface area contributed by atoms with Crippen molar-refractivity contribution >= 4 is 11.5 Å². The molecule has 0 spiro atoms. The molecule has 2 aromatic carbocycles. The predicted molar refractivity (Wildman–Crippen MR) is 116 cm³/mol. The van der Waals surface area contributed by atoms with Gasteiger partial charge in [-0.15, -0.1) is 0 Å². The Morgan fingerprint density at radius 3 is 2.61 bits per heavy atom. The van der Waals surface area contributed by atoms with Crippen molar-refractivity contribution in [1.82, 2.24) is 10.3 Å². The molecule has 0 aliphatic carbocycles. The fourth-order valence-electron chi connectivity index (χ4n) is 2.85. The van der Waals surface area contributed by atoms with Crippen LogP contribution in [-0.2, 0) is 9.53 Å². The molecular formula is C24H23FN2O4. The highest BCUT2D eigenvalue weighted by Crippen LogP contribution is 2.30. The maximum atomic E-state index is 13.8. The Kier molecular flexibility index (Phi) is 6.87. The number of hydrogen-bond acceptors (Lipinski definition) is 6. The topological polar surface area (TPSA) is 73.6 Å². The van der Waals surface area contributed by atoms with Crippen LogP contribution < -0.4 is 10.1 Å². The van der Waals surface area contributed by atoms with E-state index in [0.717, 1.165) is 11.1 Å². The van der Waals surface area contributed by atoms with Crippen molar-refractivity contribution in [2.24, 2.45) is 0 Å². The number of aromatic nitrogens is 1. The zero-order chi connectivity index (χ0) is 22.4. The summed E-state index contributed by atoms with van der Waals surface area (Å²) < 4.78 is 30.5. The largest absolute Gasteiger partial charge is 0.491 e. The first kappa shape index (κ1) is 21.8. The molecule has 1 heterocycles. The van der Waals surface area contributed by atoms with Crippen molar-refractivity contribution in [2.75, 3.05) is 14.2 Å². The van der Waals surface area contributed by atoms with E-state index in [0.29, 0.717) is 22.8 Å². The highest BCUT2D eigenvalue weighted by Gasteiger charge is 2.15. The number of carbonyl (C=O) groups is 1. The lowest BCUT2D eigenvalue weighted by atomic mass is 10.1. The minimum absolute atomic E-state index is 0.104. The molecule has 3 rings (SSSR count). The van der Waals surface area contributed by atoms with Gasteiger partial charge in [-0.1, -0.05) is 6.07 Å². The Morgan fingerprint density at radius 2 is 1.97 bits per heavy atom. The molecule has 0 unspecified atom stereocenters. The van der Waals surface area contributed by atoms with Gasteiger partial charge in [-0.25, -0.2) is 9.37 Å². The number of oxazole rings is 1. The van der Waals surface area contributed by atoms with Crippen molar-refractivity contribution < 1.29 is 23.1 Å². The van der Waals surface area contributed by atoms with Gasteiger partial charge in [-0.3, -0.25) is 4.79 Å². The lowest BCUT2D eigenvalue weighted by Crippen LogP contribution is -2.09. The Hall–Kier alpha value is -3.87. The molecule has 0 aliphatic rings. The zero-order valence-corrected chi connectivity index (χ0v) is 17.7. The Morgan fingerprint density at radius 1 is 1.16 bits per heavy atom. The maximum absolute atomic E-state index is 13.8. The van der Waals surface area contributed by atoms with Crippen LogP contribution in [0.1, 0.15) is 16.7 Å². The number of aryl methyl sites for hydroxylation is 2. The van der Waals surface area contributed by atoms with Crippen LogP contribution in [0.2, 0.25) is 0 Å². The second-order valence-corrected chi connectivity index (χ2v) is 6.76. The number of nitrogens with zero attached hydrogens (tertiary/aromatic N) is 1. The molecule has 160 valence electrons. The van der Waals surface area contributed by atoms with Crippen LogP contribution in [-0.4, -0.2) is 24.9 Å². The second-order valence-electron chi connectivity index (χ2n) is 6.76. The summed E-state index contributed by atoms with van der Waals surface area (Å²) in [7, 11) is 3.07. The fourth-order valence-corrected chi connectivity index (χ4v) is 2.85. The van der Waals surface area contributed by atoms with Gasteiger partial charge >= 0.3 is 0 Å². The number of ketones is 1. The predicted octanol–water partition coefficient (Wildman–Crippen LogP) is 4.79. The van der Waals surface area contributed by atoms with Crippen molar-refractivity contribution in [2.45, 2.75) is 13.8 Å². The van der Waals surface area contributed by atoms with Gasteiger partial charge in [0.25, 0.3) is 0 Å². The molecule has 0 bridgehead atoms. The average Bonchev–Trinajstić information content (AvgIpc) is 3.29. The molecule has 1 N–H and O–H groups in total. The number of carbonyl (C=O) groups excluding carboxylic acids is 1. The van der Waals surface area contributed by atoms with E-state index in [1.54, 1.807) is 38.4 Å². The second kappa shape index (κ2) is 9.75. The lowest BCUT2D eigenvalue weighted by Gasteiger charge is -2.14. The molecule has 0 amide bonds. The van der Waals surface area contributed by atoms with Crippen LogP contribution in [0.3, 0.4) is 0 Å². The fraction of sp³-hybridized carbons (Fsp3) is 0.167. The number of rotatable bonds is 8. The number of hydrogen-bond donors (Lipinski definition) is 1. The first-order valence-corrected chi connectivity index (χ1v) is 9.55. The van der Waals surface area contributed by atoms with E-state index in [9.17, 15) is 9.18 Å². The van der Waals surface area contributed by atoms with Crippen LogP contribution in [0.5, 0.6) is 5.75 Å². The molecule has 0 saturated carbocycles. The van der Waals surface area contributed by atoms with E-state index in [2.05, 4.69) is 10.3 Å². The number of benzene rings is 2. The molecule has 0 saturated heterocycles. The summed E-state index contributed by atoms with van der Waals surface area (Å²) in [4.78, 5) is 16.9. The molecule has 0 atom stereocenters. The molecule has 0 fully saturated rings. The normalized spacial score (nSPS) is 11.9. The minimum atomic E-state index is -0.407. The Bertz CT molecular complexity index is 1130. The Balaban J connectivity index is 2.06. The quantitative estimate of drug-likeness (QED) is 0.416. The van der Waals surface area contributed by atoms with Crippen molar-refractivity contribution in [3.63, 3.8) is 0 Å². The van der Waals surface area contributed by atoms with Gasteiger partial charge in [0.15, 0.2) is 5.76 Å². The summed E-state index contributed by atoms with van der Waals surface area (Å²) in [6.07, 6.45) is 5.81. The third kappa shape index (κ3) is 5.19. The number of allylic oxidation sites excluding steroid dienone is 1. The molecular weight excluding hydrogens is 399 g/mol. The van der Waals surface area contributed by atoms with E-state index in [1.807, 2.05) is 19.1 Å². The van der Waals surface area contributed by atoms with Gasteiger partial charge in [-0.2, -0.15) is 0 Å². The minimum Gasteiger partial charge on any atom is -0.491 e. The van der Waals surface area contributed by atoms with E-state index >= 15 is 0 Å². The molecule has 6 nitrogen and oxygen atoms in total. The van der Waals surface area contributed by atoms with E-state index in [4.69, 9.17) is 13.9 Å². The van der Waals surface area contributed by atoms with Crippen molar-refractivity contribution in [1.29, 1.82) is 0 Å². The van der Waals surface area contributed by atoms with Gasteiger partial charge in [-0.05, 0) is 55.3 Å². The molecule has 31 heavy (non-hydrogen) atoms. The maximum Gasteiger partial charge on any atom is 0.225 e. The van der Waals surface area contributed by atoms with E-state index < -0.39 is 5.78 Å². The first-order valence-electron chi connectivity index (χ1n) is 9.55. The van der Waals surface area contributed by atoms with Gasteiger partial charge in [0.05, 0.1) is 13.3 Å². The third-order valence-corrected chi connectivity index (χ3v) is 4.53. The monoisotopic (exact) mass is 422 g/mol. The first-order chi connectivity index (χ1) is 14.9. The van der Waals surface area contributed by atoms with E-state index in [1.165, 1.54) is 31.7 Å². The van der Waals surface area contributed by atoms with Gasteiger partial charge in [0.2, 0.25) is 11.7 Å². The SMILES string of the molecule is CN/C=C(/OC)C(=O)/C=C(/Oc1cc(-c2ncco2)ccc1C)c1ccc(F)c(C)c1. The average molecular weight is 422 g/mol. The summed E-state index contributed by atoms with van der Waals surface area (Å²) in [5.41, 5.74) is 2.54. The van der Waals surface area contributed by atoms with Gasteiger partial charge in [0.1, 0.15) is 23.6 Å². The number of methoxy groups -OCH3 is 1. The number of halogens is 1. The van der Waals surface area contributed by atoms with Crippen molar-refractivity contribution in [3.05, 3.63) is 89.4 Å². The van der Waals surface area contributed by atoms with Crippen LogP contribution in [0.4, 0.5) is 4.39 Å². The molecule has 0 radical (unpaired) electrons. The van der Waals surface area contributed by atoms with Crippen LogP contribution >= 0.6 is 0 Å². The van der Waals surface area contributed by atoms with Gasteiger partial charge in [0, 0.05) is 30.5 Å². The smallest absolute Gasteiger partial charge is 0.225 e. The molecule has 0 aliphatic heterocycles. The Labute approximate surface area is 180 Å². The van der Waals surface area contributed by atoms with Crippen LogP contribution in [0, 0.1) is 19.7 Å². The summed E-state index contributed by atoms with van der Waals surface area (Å²) in [6.45, 7) is 3.53. The lowest BCUT2D eigenvalue weighted by molar-refractivity contribution is -0.114.